The highest BCUT2D eigenvalue weighted by atomic mass is 35.5. The van der Waals surface area contributed by atoms with Crippen LogP contribution in [0.3, 0.4) is 0 Å². The molecular formula is C22H25Cl2FN2O3. The topological polar surface area (TPSA) is 50.8 Å². The number of carbonyl (C=O) groups is 1. The minimum absolute atomic E-state index is 0.0203. The van der Waals surface area contributed by atoms with E-state index in [2.05, 4.69) is 10.2 Å². The van der Waals surface area contributed by atoms with Gasteiger partial charge in [0.05, 0.1) is 13.2 Å². The molecule has 1 atom stereocenters. The summed E-state index contributed by atoms with van der Waals surface area (Å²) in [5.74, 6) is 0.957. The van der Waals surface area contributed by atoms with Crippen LogP contribution in [-0.4, -0.2) is 55.9 Å². The molecule has 5 nitrogen and oxygen atoms in total. The zero-order valence-corrected chi connectivity index (χ0v) is 18.1. The van der Waals surface area contributed by atoms with E-state index >= 15 is 0 Å². The first kappa shape index (κ1) is 22.7. The molecule has 1 unspecified atom stereocenters. The summed E-state index contributed by atoms with van der Waals surface area (Å²) in [5.41, 5.74) is -1.42. The van der Waals surface area contributed by atoms with E-state index in [0.717, 1.165) is 18.7 Å². The summed E-state index contributed by atoms with van der Waals surface area (Å²) in [5, 5.41) is 3.89. The maximum absolute atomic E-state index is 15.0. The average molecular weight is 455 g/mol. The van der Waals surface area contributed by atoms with Crippen molar-refractivity contribution in [2.45, 2.75) is 18.5 Å². The van der Waals surface area contributed by atoms with Crippen molar-refractivity contribution in [3.8, 4) is 11.5 Å². The van der Waals surface area contributed by atoms with Crippen molar-refractivity contribution in [3.63, 3.8) is 0 Å². The van der Waals surface area contributed by atoms with E-state index in [0.29, 0.717) is 41.9 Å². The molecule has 30 heavy (non-hydrogen) atoms. The minimum atomic E-state index is -1.42. The molecule has 1 amide bonds. The Morgan fingerprint density at radius 3 is 2.27 bits per heavy atom. The number of ether oxygens (including phenoxy) is 2. The third kappa shape index (κ3) is 7.35. The Labute approximate surface area is 186 Å². The summed E-state index contributed by atoms with van der Waals surface area (Å²) < 4.78 is 26.0. The van der Waals surface area contributed by atoms with E-state index < -0.39 is 5.67 Å². The lowest BCUT2D eigenvalue weighted by Crippen LogP contribution is -2.43. The van der Waals surface area contributed by atoms with E-state index in [-0.39, 0.29) is 19.1 Å². The van der Waals surface area contributed by atoms with Gasteiger partial charge in [-0.1, -0.05) is 23.2 Å². The summed E-state index contributed by atoms with van der Waals surface area (Å²) in [6.45, 7) is 2.07. The number of alkyl halides is 1. The van der Waals surface area contributed by atoms with Crippen molar-refractivity contribution in [2.75, 3.05) is 39.4 Å². The molecule has 1 aliphatic heterocycles. The van der Waals surface area contributed by atoms with Crippen molar-refractivity contribution in [1.29, 1.82) is 0 Å². The van der Waals surface area contributed by atoms with Gasteiger partial charge in [-0.2, -0.15) is 0 Å². The number of nitrogens with one attached hydrogen (secondary N) is 1. The molecule has 1 fully saturated rings. The Morgan fingerprint density at radius 1 is 1.03 bits per heavy atom. The number of hydrogen-bond acceptors (Lipinski definition) is 4. The molecule has 2 aromatic rings. The van der Waals surface area contributed by atoms with Crippen LogP contribution in [0.4, 0.5) is 4.39 Å². The molecule has 1 saturated heterocycles. The van der Waals surface area contributed by atoms with E-state index in [1.165, 1.54) is 0 Å². The second kappa shape index (κ2) is 10.8. The van der Waals surface area contributed by atoms with Crippen LogP contribution in [0.2, 0.25) is 10.0 Å². The number of halogens is 3. The minimum Gasteiger partial charge on any atom is -0.494 e. The molecular weight excluding hydrogens is 430 g/mol. The molecule has 0 saturated carbocycles. The summed E-state index contributed by atoms with van der Waals surface area (Å²) in [6.07, 6.45) is 1.18. The maximum atomic E-state index is 15.0. The molecule has 162 valence electrons. The zero-order valence-electron chi connectivity index (χ0n) is 16.6. The highest BCUT2D eigenvalue weighted by Gasteiger charge is 2.38. The Kier molecular flexibility index (Phi) is 8.19. The quantitative estimate of drug-likeness (QED) is 0.541. The van der Waals surface area contributed by atoms with Crippen molar-refractivity contribution < 1.29 is 18.7 Å². The van der Waals surface area contributed by atoms with Crippen molar-refractivity contribution in [1.82, 2.24) is 10.2 Å². The Balaban J connectivity index is 1.30. The highest BCUT2D eigenvalue weighted by Crippen LogP contribution is 2.25. The molecule has 8 heteroatoms. The predicted octanol–water partition coefficient (Wildman–Crippen LogP) is 4.37. The first-order valence-corrected chi connectivity index (χ1v) is 10.6. The van der Waals surface area contributed by atoms with Crippen LogP contribution in [0, 0.1) is 0 Å². The van der Waals surface area contributed by atoms with Crippen molar-refractivity contribution in [3.05, 3.63) is 58.6 Å². The monoisotopic (exact) mass is 454 g/mol. The van der Waals surface area contributed by atoms with Crippen LogP contribution in [0.25, 0.3) is 0 Å². The normalized spacial score (nSPS) is 18.9. The van der Waals surface area contributed by atoms with Gasteiger partial charge in [0.15, 0.2) is 6.61 Å². The van der Waals surface area contributed by atoms with Gasteiger partial charge in [0, 0.05) is 29.7 Å². The smallest absolute Gasteiger partial charge is 0.258 e. The molecule has 0 aromatic heterocycles. The fourth-order valence-corrected chi connectivity index (χ4v) is 3.50. The summed E-state index contributed by atoms with van der Waals surface area (Å²) in [7, 11) is 0. The first-order valence-electron chi connectivity index (χ1n) is 9.87. The van der Waals surface area contributed by atoms with E-state index in [9.17, 15) is 9.18 Å². The van der Waals surface area contributed by atoms with Gasteiger partial charge in [0.2, 0.25) is 0 Å². The Bertz CT molecular complexity index is 820. The molecule has 0 aliphatic carbocycles. The van der Waals surface area contributed by atoms with Crippen LogP contribution in [0.5, 0.6) is 11.5 Å². The second-order valence-electron chi connectivity index (χ2n) is 7.35. The van der Waals surface area contributed by atoms with Gasteiger partial charge in [-0.3, -0.25) is 9.69 Å². The predicted molar refractivity (Wildman–Crippen MR) is 116 cm³/mol. The molecule has 1 heterocycles. The number of carbonyl (C=O) groups excluding carboxylic acids is 1. The molecule has 0 bridgehead atoms. The largest absolute Gasteiger partial charge is 0.494 e. The summed E-state index contributed by atoms with van der Waals surface area (Å²) in [4.78, 5) is 14.0. The number of amides is 1. The first-order chi connectivity index (χ1) is 14.4. The third-order valence-corrected chi connectivity index (χ3v) is 5.37. The fraction of sp³-hybridized carbons (Fsp3) is 0.409. The molecule has 2 aromatic carbocycles. The van der Waals surface area contributed by atoms with Gasteiger partial charge < -0.3 is 14.8 Å². The SMILES string of the molecule is O=C(COc1ccc(Cl)cc1)NCC1(F)CCN(CCCOc2ccc(Cl)cc2)C1. The lowest BCUT2D eigenvalue weighted by molar-refractivity contribution is -0.123. The second-order valence-corrected chi connectivity index (χ2v) is 8.23. The summed E-state index contributed by atoms with van der Waals surface area (Å²) in [6, 6.07) is 13.9. The molecule has 0 spiro atoms. The molecule has 0 radical (unpaired) electrons. The average Bonchev–Trinajstić information content (AvgIpc) is 3.12. The van der Waals surface area contributed by atoms with Gasteiger partial charge in [-0.05, 0) is 61.4 Å². The standard InChI is InChI=1S/C22H25Cl2FN2O3/c23-17-2-6-19(7-3-17)29-13-1-11-27-12-10-22(25,16-27)15-26-21(28)14-30-20-8-4-18(24)5-9-20/h2-9H,1,10-16H2,(H,26,28). The van der Waals surface area contributed by atoms with Crippen LogP contribution in [0.15, 0.2) is 48.5 Å². The number of likely N-dealkylation sites (tertiary alicyclic amines) is 1. The molecule has 1 aliphatic rings. The van der Waals surface area contributed by atoms with Gasteiger partial charge in [-0.15, -0.1) is 0 Å². The van der Waals surface area contributed by atoms with Gasteiger partial charge >= 0.3 is 0 Å². The van der Waals surface area contributed by atoms with E-state index in [1.54, 1.807) is 36.4 Å². The van der Waals surface area contributed by atoms with Crippen LogP contribution >= 0.6 is 23.2 Å². The van der Waals surface area contributed by atoms with Gasteiger partial charge in [-0.25, -0.2) is 4.39 Å². The summed E-state index contributed by atoms with van der Waals surface area (Å²) >= 11 is 11.7. The number of nitrogens with zero attached hydrogens (tertiary/aromatic N) is 1. The number of benzene rings is 2. The Hall–Kier alpha value is -2.02. The molecule has 3 rings (SSSR count). The lowest BCUT2D eigenvalue weighted by Gasteiger charge is -2.21. The van der Waals surface area contributed by atoms with Gasteiger partial charge in [0.25, 0.3) is 5.91 Å². The van der Waals surface area contributed by atoms with Crippen LogP contribution < -0.4 is 14.8 Å². The van der Waals surface area contributed by atoms with Gasteiger partial charge in [0.1, 0.15) is 17.2 Å². The Morgan fingerprint density at radius 2 is 1.63 bits per heavy atom. The zero-order chi connectivity index (χ0) is 21.4. The van der Waals surface area contributed by atoms with Crippen molar-refractivity contribution in [2.24, 2.45) is 0 Å². The van der Waals surface area contributed by atoms with Crippen LogP contribution in [-0.2, 0) is 4.79 Å². The fourth-order valence-electron chi connectivity index (χ4n) is 3.25. The molecule has 1 N–H and O–H groups in total. The van der Waals surface area contributed by atoms with E-state index in [4.69, 9.17) is 32.7 Å². The number of hydrogen-bond donors (Lipinski definition) is 1. The maximum Gasteiger partial charge on any atom is 0.258 e. The van der Waals surface area contributed by atoms with E-state index in [1.807, 2.05) is 12.1 Å². The number of rotatable bonds is 10. The van der Waals surface area contributed by atoms with Crippen molar-refractivity contribution >= 4 is 29.1 Å². The van der Waals surface area contributed by atoms with Crippen LogP contribution in [0.1, 0.15) is 12.8 Å². The third-order valence-electron chi connectivity index (χ3n) is 4.87. The lowest BCUT2D eigenvalue weighted by atomic mass is 10.1. The highest BCUT2D eigenvalue weighted by molar-refractivity contribution is 6.30.